The molecule has 0 saturated heterocycles. The maximum atomic E-state index is 11.0. The molecule has 0 bridgehead atoms. The maximum Gasteiger partial charge on any atom is 0.327 e. The normalized spacial score (nSPS) is 12.1. The van der Waals surface area contributed by atoms with Crippen LogP contribution in [-0.2, 0) is 14.3 Å². The van der Waals surface area contributed by atoms with E-state index in [0.29, 0.717) is 0 Å². The number of nitriles is 1. The van der Waals surface area contributed by atoms with Gasteiger partial charge in [-0.15, -0.1) is 0 Å². The molecule has 0 radical (unpaired) electrons. The van der Waals surface area contributed by atoms with Crippen LogP contribution in [0.5, 0.6) is 0 Å². The van der Waals surface area contributed by atoms with Crippen molar-refractivity contribution in [2.24, 2.45) is 5.92 Å². The van der Waals surface area contributed by atoms with Crippen LogP contribution in [0.4, 0.5) is 0 Å². The average molecular weight is 181 g/mol. The SMILES string of the molecule is CCOC(=O)C(C#N)/C=C/C(C)=O. The number of carbonyl (C=O) groups is 2. The predicted octanol–water partition coefficient (Wildman–Crippen LogP) is 0.834. The first-order valence-electron chi connectivity index (χ1n) is 3.86. The van der Waals surface area contributed by atoms with Crippen molar-refractivity contribution in [1.29, 1.82) is 5.26 Å². The van der Waals surface area contributed by atoms with Crippen LogP contribution in [0.2, 0.25) is 0 Å². The minimum Gasteiger partial charge on any atom is -0.465 e. The van der Waals surface area contributed by atoms with Gasteiger partial charge < -0.3 is 4.74 Å². The first-order chi connectivity index (χ1) is 6.11. The third-order valence-electron chi connectivity index (χ3n) is 1.20. The Morgan fingerprint density at radius 3 is 2.62 bits per heavy atom. The lowest BCUT2D eigenvalue weighted by Gasteiger charge is -2.02. The van der Waals surface area contributed by atoms with Gasteiger partial charge in [0.25, 0.3) is 0 Å². The molecule has 4 heteroatoms. The number of nitrogens with zero attached hydrogens (tertiary/aromatic N) is 1. The number of hydrogen-bond donors (Lipinski definition) is 0. The van der Waals surface area contributed by atoms with Crippen LogP contribution >= 0.6 is 0 Å². The van der Waals surface area contributed by atoms with Crippen molar-refractivity contribution in [2.75, 3.05) is 6.61 Å². The van der Waals surface area contributed by atoms with Crippen molar-refractivity contribution in [3.8, 4) is 6.07 Å². The highest BCUT2D eigenvalue weighted by Crippen LogP contribution is 2.00. The molecular weight excluding hydrogens is 170 g/mol. The van der Waals surface area contributed by atoms with Gasteiger partial charge in [-0.25, -0.2) is 0 Å². The molecule has 0 aliphatic rings. The fourth-order valence-electron chi connectivity index (χ4n) is 0.638. The molecule has 0 fully saturated rings. The maximum absolute atomic E-state index is 11.0. The average Bonchev–Trinajstić information content (AvgIpc) is 2.05. The zero-order chi connectivity index (χ0) is 10.3. The Hall–Kier alpha value is -1.63. The van der Waals surface area contributed by atoms with E-state index >= 15 is 0 Å². The lowest BCUT2D eigenvalue weighted by atomic mass is 10.1. The minimum absolute atomic E-state index is 0.204. The molecule has 0 N–H and O–H groups in total. The Kier molecular flexibility index (Phi) is 5.20. The topological polar surface area (TPSA) is 67.2 Å². The van der Waals surface area contributed by atoms with E-state index in [1.165, 1.54) is 19.1 Å². The number of hydrogen-bond acceptors (Lipinski definition) is 4. The summed E-state index contributed by atoms with van der Waals surface area (Å²) in [7, 11) is 0. The van der Waals surface area contributed by atoms with E-state index in [4.69, 9.17) is 5.26 Å². The molecule has 1 atom stereocenters. The molecule has 0 aromatic carbocycles. The standard InChI is InChI=1S/C9H11NO3/c1-3-13-9(12)8(6-10)5-4-7(2)11/h4-5,8H,3H2,1-2H3/b5-4+. The van der Waals surface area contributed by atoms with Crippen molar-refractivity contribution in [2.45, 2.75) is 13.8 Å². The van der Waals surface area contributed by atoms with E-state index in [2.05, 4.69) is 4.74 Å². The van der Waals surface area contributed by atoms with Crippen molar-refractivity contribution in [3.63, 3.8) is 0 Å². The molecule has 0 aliphatic carbocycles. The lowest BCUT2D eigenvalue weighted by Crippen LogP contribution is -2.14. The second-order valence-corrected chi connectivity index (χ2v) is 2.33. The van der Waals surface area contributed by atoms with Gasteiger partial charge in [-0.1, -0.05) is 6.08 Å². The van der Waals surface area contributed by atoms with E-state index < -0.39 is 11.9 Å². The number of allylic oxidation sites excluding steroid dienone is 1. The molecule has 70 valence electrons. The highest BCUT2D eigenvalue weighted by Gasteiger charge is 2.14. The second-order valence-electron chi connectivity index (χ2n) is 2.33. The first kappa shape index (κ1) is 11.4. The van der Waals surface area contributed by atoms with E-state index in [0.717, 1.165) is 0 Å². The van der Waals surface area contributed by atoms with Gasteiger partial charge in [0.1, 0.15) is 0 Å². The number of esters is 1. The molecular formula is C9H11NO3. The number of rotatable bonds is 4. The molecule has 0 amide bonds. The molecule has 0 saturated carbocycles. The zero-order valence-corrected chi connectivity index (χ0v) is 7.61. The summed E-state index contributed by atoms with van der Waals surface area (Å²) < 4.78 is 4.60. The number of ketones is 1. The van der Waals surface area contributed by atoms with Gasteiger partial charge in [0, 0.05) is 0 Å². The molecule has 13 heavy (non-hydrogen) atoms. The van der Waals surface area contributed by atoms with Gasteiger partial charge >= 0.3 is 5.97 Å². The summed E-state index contributed by atoms with van der Waals surface area (Å²) in [5, 5.41) is 8.52. The Morgan fingerprint density at radius 2 is 2.23 bits per heavy atom. The summed E-state index contributed by atoms with van der Waals surface area (Å²) in [6.45, 7) is 3.22. The second kappa shape index (κ2) is 5.95. The van der Waals surface area contributed by atoms with Gasteiger partial charge in [0.05, 0.1) is 12.7 Å². The quantitative estimate of drug-likeness (QED) is 0.476. The third kappa shape index (κ3) is 4.75. The Labute approximate surface area is 76.8 Å². The van der Waals surface area contributed by atoms with Gasteiger partial charge in [0.2, 0.25) is 0 Å². The summed E-state index contributed by atoms with van der Waals surface area (Å²) in [6.07, 6.45) is 2.42. The molecule has 0 aromatic rings. The molecule has 0 aliphatic heterocycles. The highest BCUT2D eigenvalue weighted by atomic mass is 16.5. The third-order valence-corrected chi connectivity index (χ3v) is 1.20. The lowest BCUT2D eigenvalue weighted by molar-refractivity contribution is -0.144. The van der Waals surface area contributed by atoms with Crippen LogP contribution in [0, 0.1) is 17.2 Å². The Bertz CT molecular complexity index is 263. The number of carbonyl (C=O) groups excluding carboxylic acids is 2. The minimum atomic E-state index is -0.983. The molecule has 4 nitrogen and oxygen atoms in total. The predicted molar refractivity (Wildman–Crippen MR) is 45.6 cm³/mol. The van der Waals surface area contributed by atoms with Crippen molar-refractivity contribution < 1.29 is 14.3 Å². The number of ether oxygens (including phenoxy) is 1. The molecule has 0 heterocycles. The van der Waals surface area contributed by atoms with Crippen LogP contribution in [0.3, 0.4) is 0 Å². The monoisotopic (exact) mass is 181 g/mol. The van der Waals surface area contributed by atoms with Crippen molar-refractivity contribution >= 4 is 11.8 Å². The van der Waals surface area contributed by atoms with E-state index in [-0.39, 0.29) is 12.4 Å². The van der Waals surface area contributed by atoms with Gasteiger partial charge in [-0.2, -0.15) is 5.26 Å². The fraction of sp³-hybridized carbons (Fsp3) is 0.444. The van der Waals surface area contributed by atoms with Crippen molar-refractivity contribution in [3.05, 3.63) is 12.2 Å². The first-order valence-corrected chi connectivity index (χ1v) is 3.86. The summed E-state index contributed by atoms with van der Waals surface area (Å²) in [4.78, 5) is 21.5. The molecule has 0 spiro atoms. The zero-order valence-electron chi connectivity index (χ0n) is 7.61. The Morgan fingerprint density at radius 1 is 1.62 bits per heavy atom. The molecule has 0 rings (SSSR count). The van der Waals surface area contributed by atoms with Crippen LogP contribution in [0.1, 0.15) is 13.8 Å². The summed E-state index contributed by atoms with van der Waals surface area (Å²) in [5.41, 5.74) is 0. The Balaban J connectivity index is 4.28. The fourth-order valence-corrected chi connectivity index (χ4v) is 0.638. The smallest absolute Gasteiger partial charge is 0.327 e. The van der Waals surface area contributed by atoms with E-state index in [1.54, 1.807) is 13.0 Å². The summed E-state index contributed by atoms with van der Waals surface area (Å²) >= 11 is 0. The van der Waals surface area contributed by atoms with Crippen LogP contribution in [-0.4, -0.2) is 18.4 Å². The van der Waals surface area contributed by atoms with Crippen LogP contribution < -0.4 is 0 Å². The van der Waals surface area contributed by atoms with E-state index in [1.807, 2.05) is 0 Å². The van der Waals surface area contributed by atoms with Crippen molar-refractivity contribution in [1.82, 2.24) is 0 Å². The summed E-state index contributed by atoms with van der Waals surface area (Å²) in [5.74, 6) is -1.81. The van der Waals surface area contributed by atoms with Gasteiger partial charge in [-0.05, 0) is 19.9 Å². The van der Waals surface area contributed by atoms with E-state index in [9.17, 15) is 9.59 Å². The van der Waals surface area contributed by atoms with Crippen LogP contribution in [0.25, 0.3) is 0 Å². The highest BCUT2D eigenvalue weighted by molar-refractivity contribution is 5.88. The van der Waals surface area contributed by atoms with Crippen LogP contribution in [0.15, 0.2) is 12.2 Å². The molecule has 0 aromatic heterocycles. The largest absolute Gasteiger partial charge is 0.465 e. The van der Waals surface area contributed by atoms with Gasteiger partial charge in [0.15, 0.2) is 11.7 Å². The van der Waals surface area contributed by atoms with Gasteiger partial charge in [-0.3, -0.25) is 9.59 Å². The molecule has 1 unspecified atom stereocenters. The summed E-state index contributed by atoms with van der Waals surface area (Å²) in [6, 6.07) is 1.73.